The zero-order valence-corrected chi connectivity index (χ0v) is 9.31. The largest absolute Gasteiger partial charge is 0.462 e. The number of nitrogens with two attached hydrogens (primary N) is 2. The number of benzene rings is 1. The Balaban J connectivity index is 2.31. The monoisotopic (exact) mass is 237 g/mol. The summed E-state index contributed by atoms with van der Waals surface area (Å²) in [7, 11) is 0. The van der Waals surface area contributed by atoms with E-state index in [9.17, 15) is 9.59 Å². The number of nitrogens with one attached hydrogen (secondary N) is 1. The maximum atomic E-state index is 11.5. The van der Waals surface area contributed by atoms with Crippen molar-refractivity contribution in [2.75, 3.05) is 18.9 Å². The molecule has 0 fully saturated rings. The molecule has 17 heavy (non-hydrogen) atoms. The Kier molecular flexibility index (Phi) is 4.80. The first-order chi connectivity index (χ1) is 8.11. The minimum atomic E-state index is -0.594. The molecule has 1 aromatic carbocycles. The number of hydrogen-bond donors (Lipinski definition) is 3. The molecule has 0 aromatic heterocycles. The summed E-state index contributed by atoms with van der Waals surface area (Å²) in [4.78, 5) is 21.9. The fourth-order valence-electron chi connectivity index (χ4n) is 1.21. The summed E-state index contributed by atoms with van der Waals surface area (Å²) in [5.74, 6) is -0.470. The van der Waals surface area contributed by atoms with E-state index in [4.69, 9.17) is 16.2 Å². The van der Waals surface area contributed by atoms with E-state index in [1.54, 1.807) is 24.3 Å². The third-order valence-electron chi connectivity index (χ3n) is 2.03. The molecule has 0 aliphatic rings. The number of carbonyl (C=O) groups excluding carboxylic acids is 2. The first-order valence-corrected chi connectivity index (χ1v) is 5.16. The van der Waals surface area contributed by atoms with Crippen LogP contribution in [0.25, 0.3) is 0 Å². The van der Waals surface area contributed by atoms with Crippen LogP contribution in [0.3, 0.4) is 0 Å². The molecule has 0 aliphatic heterocycles. The molecule has 0 unspecified atom stereocenters. The van der Waals surface area contributed by atoms with E-state index in [1.807, 2.05) is 0 Å². The highest BCUT2D eigenvalue weighted by atomic mass is 16.5. The van der Waals surface area contributed by atoms with Crippen molar-refractivity contribution in [2.24, 2.45) is 5.73 Å². The summed E-state index contributed by atoms with van der Waals surface area (Å²) < 4.78 is 4.98. The van der Waals surface area contributed by atoms with Gasteiger partial charge in [-0.05, 0) is 18.6 Å². The van der Waals surface area contributed by atoms with Crippen molar-refractivity contribution in [3.63, 3.8) is 0 Å². The predicted octanol–water partition coefficient (Wildman–Crippen LogP) is 0.484. The van der Waals surface area contributed by atoms with Crippen molar-refractivity contribution < 1.29 is 14.3 Å². The van der Waals surface area contributed by atoms with Gasteiger partial charge in [0.2, 0.25) is 0 Å². The molecule has 0 atom stereocenters. The molecule has 92 valence electrons. The molecule has 5 N–H and O–H groups in total. The van der Waals surface area contributed by atoms with E-state index in [2.05, 4.69) is 5.32 Å². The molecule has 0 spiro atoms. The number of rotatable bonds is 5. The molecule has 0 saturated heterocycles. The molecule has 1 rings (SSSR count). The third-order valence-corrected chi connectivity index (χ3v) is 2.03. The number of para-hydroxylation sites is 1. The van der Waals surface area contributed by atoms with Gasteiger partial charge in [-0.3, -0.25) is 0 Å². The van der Waals surface area contributed by atoms with Crippen molar-refractivity contribution in [3.05, 3.63) is 29.8 Å². The molecular weight excluding hydrogens is 222 g/mol. The second-order valence-electron chi connectivity index (χ2n) is 3.37. The first-order valence-electron chi connectivity index (χ1n) is 5.16. The first kappa shape index (κ1) is 12.8. The SMILES string of the molecule is NC(=O)NCCCOC(=O)c1ccccc1N. The Bertz CT molecular complexity index is 407. The second kappa shape index (κ2) is 6.37. The van der Waals surface area contributed by atoms with Crippen LogP contribution in [0.15, 0.2) is 24.3 Å². The Morgan fingerprint density at radius 1 is 1.29 bits per heavy atom. The smallest absolute Gasteiger partial charge is 0.340 e. The zero-order valence-electron chi connectivity index (χ0n) is 9.31. The van der Waals surface area contributed by atoms with Gasteiger partial charge in [-0.2, -0.15) is 0 Å². The molecule has 0 saturated carbocycles. The molecule has 1 aromatic rings. The van der Waals surface area contributed by atoms with Gasteiger partial charge in [0, 0.05) is 12.2 Å². The van der Waals surface area contributed by atoms with Gasteiger partial charge in [0.15, 0.2) is 0 Å². The van der Waals surface area contributed by atoms with Gasteiger partial charge < -0.3 is 21.5 Å². The number of urea groups is 1. The van der Waals surface area contributed by atoms with E-state index in [0.29, 0.717) is 24.2 Å². The summed E-state index contributed by atoms with van der Waals surface area (Å²) in [5, 5.41) is 2.39. The average molecular weight is 237 g/mol. The number of esters is 1. The van der Waals surface area contributed by atoms with Crippen LogP contribution in [-0.4, -0.2) is 25.2 Å². The average Bonchev–Trinajstić information content (AvgIpc) is 2.28. The van der Waals surface area contributed by atoms with Gasteiger partial charge in [-0.1, -0.05) is 12.1 Å². The second-order valence-corrected chi connectivity index (χ2v) is 3.37. The minimum absolute atomic E-state index is 0.202. The minimum Gasteiger partial charge on any atom is -0.462 e. The van der Waals surface area contributed by atoms with Gasteiger partial charge in [-0.25, -0.2) is 9.59 Å². The van der Waals surface area contributed by atoms with Crippen LogP contribution >= 0.6 is 0 Å². The van der Waals surface area contributed by atoms with Crippen LogP contribution in [0.4, 0.5) is 10.5 Å². The van der Waals surface area contributed by atoms with Crippen molar-refractivity contribution in [1.29, 1.82) is 0 Å². The van der Waals surface area contributed by atoms with Crippen LogP contribution < -0.4 is 16.8 Å². The van der Waals surface area contributed by atoms with Crippen molar-refractivity contribution in [2.45, 2.75) is 6.42 Å². The number of carbonyl (C=O) groups is 2. The van der Waals surface area contributed by atoms with Gasteiger partial charge in [-0.15, -0.1) is 0 Å². The summed E-state index contributed by atoms with van der Waals surface area (Å²) in [6.07, 6.45) is 0.501. The van der Waals surface area contributed by atoms with Crippen molar-refractivity contribution >= 4 is 17.7 Å². The van der Waals surface area contributed by atoms with Crippen LogP contribution in [0.1, 0.15) is 16.8 Å². The lowest BCUT2D eigenvalue weighted by Gasteiger charge is -2.06. The van der Waals surface area contributed by atoms with Crippen LogP contribution in [-0.2, 0) is 4.74 Å². The molecule has 6 nitrogen and oxygen atoms in total. The lowest BCUT2D eigenvalue weighted by atomic mass is 10.2. The number of hydrogen-bond acceptors (Lipinski definition) is 4. The Hall–Kier alpha value is -2.24. The van der Waals surface area contributed by atoms with E-state index >= 15 is 0 Å². The zero-order chi connectivity index (χ0) is 12.7. The molecule has 6 heteroatoms. The predicted molar refractivity (Wildman–Crippen MR) is 63.3 cm³/mol. The highest BCUT2D eigenvalue weighted by molar-refractivity contribution is 5.94. The molecule has 2 amide bonds. The topological polar surface area (TPSA) is 107 Å². The van der Waals surface area contributed by atoms with Gasteiger partial charge >= 0.3 is 12.0 Å². The van der Waals surface area contributed by atoms with Crippen LogP contribution in [0.5, 0.6) is 0 Å². The maximum absolute atomic E-state index is 11.5. The van der Waals surface area contributed by atoms with Gasteiger partial charge in [0.25, 0.3) is 0 Å². The fourth-order valence-corrected chi connectivity index (χ4v) is 1.21. The lowest BCUT2D eigenvalue weighted by Crippen LogP contribution is -2.30. The van der Waals surface area contributed by atoms with E-state index < -0.39 is 12.0 Å². The molecule has 0 bridgehead atoms. The standard InChI is InChI=1S/C11H15N3O3/c12-9-5-2-1-4-8(9)10(15)17-7-3-6-14-11(13)16/h1-2,4-5H,3,6-7,12H2,(H3,13,14,16). The summed E-state index contributed by atoms with van der Waals surface area (Å²) in [6.45, 7) is 0.570. The van der Waals surface area contributed by atoms with E-state index in [1.165, 1.54) is 0 Å². The quantitative estimate of drug-likeness (QED) is 0.393. The van der Waals surface area contributed by atoms with Crippen molar-refractivity contribution in [3.8, 4) is 0 Å². The van der Waals surface area contributed by atoms with E-state index in [-0.39, 0.29) is 6.61 Å². The number of anilines is 1. The number of amides is 2. The Morgan fingerprint density at radius 2 is 2.00 bits per heavy atom. The lowest BCUT2D eigenvalue weighted by molar-refractivity contribution is 0.0503. The van der Waals surface area contributed by atoms with Crippen LogP contribution in [0, 0.1) is 0 Å². The number of nitrogen functional groups attached to an aromatic ring is 1. The molecular formula is C11H15N3O3. The summed E-state index contributed by atoms with van der Waals surface area (Å²) >= 11 is 0. The van der Waals surface area contributed by atoms with Crippen LogP contribution in [0.2, 0.25) is 0 Å². The summed E-state index contributed by atoms with van der Waals surface area (Å²) in [5.41, 5.74) is 11.2. The molecule has 0 radical (unpaired) electrons. The maximum Gasteiger partial charge on any atom is 0.340 e. The highest BCUT2D eigenvalue weighted by Crippen LogP contribution is 2.11. The third kappa shape index (κ3) is 4.42. The Labute approximate surface area is 98.9 Å². The molecule has 0 heterocycles. The summed E-state index contributed by atoms with van der Waals surface area (Å²) in [6, 6.07) is 6.08. The normalized spacial score (nSPS) is 9.65. The van der Waals surface area contributed by atoms with Gasteiger partial charge in [0.05, 0.1) is 12.2 Å². The fraction of sp³-hybridized carbons (Fsp3) is 0.273. The Morgan fingerprint density at radius 3 is 2.65 bits per heavy atom. The highest BCUT2D eigenvalue weighted by Gasteiger charge is 2.09. The van der Waals surface area contributed by atoms with Crippen molar-refractivity contribution in [1.82, 2.24) is 5.32 Å². The van der Waals surface area contributed by atoms with Gasteiger partial charge in [0.1, 0.15) is 0 Å². The molecule has 0 aliphatic carbocycles. The van der Waals surface area contributed by atoms with E-state index in [0.717, 1.165) is 0 Å². The number of primary amides is 1. The number of ether oxygens (including phenoxy) is 1.